The van der Waals surface area contributed by atoms with E-state index in [1.54, 1.807) is 210 Å². The van der Waals surface area contributed by atoms with E-state index in [1.165, 1.54) is 0 Å². The first-order chi connectivity index (χ1) is 58.7. The zero-order valence-corrected chi connectivity index (χ0v) is 79.8. The van der Waals surface area contributed by atoms with E-state index in [0.29, 0.717) is 121 Å². The average molecular weight is 2180 g/mol. The summed E-state index contributed by atoms with van der Waals surface area (Å²) in [5, 5.41) is 51.4. The van der Waals surface area contributed by atoms with Crippen molar-refractivity contribution in [1.82, 2.24) is 21.3 Å². The van der Waals surface area contributed by atoms with E-state index >= 15 is 0 Å². The Balaban J connectivity index is 0.000000587. The number of hydrogen-bond donors (Lipinski definition) is 7. The van der Waals surface area contributed by atoms with Crippen LogP contribution in [0.25, 0.3) is 0 Å². The lowest BCUT2D eigenvalue weighted by atomic mass is 10.1. The molecular weight excluding hydrogens is 2090 g/mol. The number of rotatable bonds is 32. The maximum Gasteiger partial charge on any atom is 0.446 e. The van der Waals surface area contributed by atoms with Gasteiger partial charge >= 0.3 is 12.1 Å². The zero-order valence-electron chi connectivity index (χ0n) is 68.2. The largest absolute Gasteiger partial charge is 0.496 e. The highest BCUT2D eigenvalue weighted by molar-refractivity contribution is 14.1. The number of nitrogens with two attached hydrogens (primary N) is 1. The number of alkyl halides is 7. The fraction of sp³-hybridized carbons (Fsp3) is 0.295. The summed E-state index contributed by atoms with van der Waals surface area (Å²) in [5.41, 5.74) is 9.97. The Kier molecular flexibility index (Phi) is 55.3. The number of nitriles is 2. The van der Waals surface area contributed by atoms with Gasteiger partial charge in [-0.3, -0.25) is 24.0 Å². The second-order valence-corrected chi connectivity index (χ2v) is 33.0. The summed E-state index contributed by atoms with van der Waals surface area (Å²) in [4.78, 5) is 67.2. The molecule has 0 radical (unpaired) electrons. The van der Waals surface area contributed by atoms with Crippen molar-refractivity contribution < 1.29 is 94.8 Å². The molecule has 8 aromatic carbocycles. The van der Waals surface area contributed by atoms with Gasteiger partial charge in [0.15, 0.2) is 62.5 Å². The van der Waals surface area contributed by atoms with Crippen molar-refractivity contribution in [2.75, 3.05) is 131 Å². The molecule has 8 aromatic rings. The van der Waals surface area contributed by atoms with Gasteiger partial charge in [-0.25, -0.2) is 4.79 Å². The molecule has 0 unspecified atom stereocenters. The third-order valence-corrected chi connectivity index (χ3v) is 24.2. The van der Waals surface area contributed by atoms with Gasteiger partial charge in [0.2, 0.25) is 6.29 Å². The van der Waals surface area contributed by atoms with Crippen molar-refractivity contribution in [3.05, 3.63) is 209 Å². The van der Waals surface area contributed by atoms with Gasteiger partial charge in [-0.2, -0.15) is 23.7 Å². The number of nitrogens with one attached hydrogen (secondary N) is 4. The van der Waals surface area contributed by atoms with Crippen LogP contribution in [0.15, 0.2) is 158 Å². The Morgan fingerprint density at radius 1 is 0.434 bits per heavy atom. The van der Waals surface area contributed by atoms with Gasteiger partial charge in [0.1, 0.15) is 31.1 Å². The van der Waals surface area contributed by atoms with E-state index in [9.17, 15) is 37.1 Å². The normalized spacial score (nSPS) is 9.85. The quantitative estimate of drug-likeness (QED) is 0.00514. The number of aliphatic hydroxyl groups is 1. The molecule has 0 saturated heterocycles. The number of ether oxygens (including phenoxy) is 9. The van der Waals surface area contributed by atoms with Crippen molar-refractivity contribution in [1.29, 1.82) is 10.5 Å². The molecule has 24 nitrogen and oxygen atoms in total. The number of carbonyl (C=O) groups is 6. The highest BCUT2D eigenvalue weighted by atomic mass is 127. The van der Waals surface area contributed by atoms with Crippen molar-refractivity contribution in [2.24, 2.45) is 5.73 Å². The SMILES string of the molecule is COc1cc(OC)c([P+](CCCNC(=O)c2ccc(C#CC#N)cc2)(c2c(OC)cc(OC)cc2OC)c2c(OC)cc(OC)cc2OC)c(OC)c1.N#CC#Cc1ccc(C(=O)NCCCBr)cc1.NCCCBr.O=C(NCCCBr)c1ccc(C#CCO)cc1.O=C(NCCCBr)c1ccc(I)cc1.O=C(O)c1ccc(I)cc1.O=CC(F)(F)F. The number of hydrogen-bond acceptors (Lipinski definition) is 19. The van der Waals surface area contributed by atoms with Gasteiger partial charge < -0.3 is 79.8 Å². The van der Waals surface area contributed by atoms with Crippen molar-refractivity contribution in [3.8, 4) is 99.4 Å². The second kappa shape index (κ2) is 62.3. The summed E-state index contributed by atoms with van der Waals surface area (Å²) in [6.45, 7) is 2.95. The Morgan fingerprint density at radius 3 is 0.902 bits per heavy atom. The summed E-state index contributed by atoms with van der Waals surface area (Å²) < 4.78 is 87.4. The molecule has 0 aliphatic heterocycles. The molecule has 0 aliphatic rings. The van der Waals surface area contributed by atoms with Crippen LogP contribution in [-0.2, 0) is 4.79 Å². The molecule has 0 heterocycles. The fourth-order valence-electron chi connectivity index (χ4n) is 10.2. The van der Waals surface area contributed by atoms with Crippen molar-refractivity contribution in [2.45, 2.75) is 38.3 Å². The highest BCUT2D eigenvalue weighted by Crippen LogP contribution is 2.66. The maximum atomic E-state index is 13.4. The van der Waals surface area contributed by atoms with Crippen LogP contribution < -0.4 is 85.5 Å². The molecule has 0 spiro atoms. The zero-order chi connectivity index (χ0) is 90.8. The van der Waals surface area contributed by atoms with E-state index in [1.807, 2.05) is 24.3 Å². The number of aromatic carboxylic acids is 1. The molecule has 0 bridgehead atoms. The Hall–Kier alpha value is -9.84. The van der Waals surface area contributed by atoms with E-state index in [4.69, 9.17) is 73.9 Å². The number of amides is 4. The van der Waals surface area contributed by atoms with E-state index in [0.717, 1.165) is 83.9 Å². The predicted molar refractivity (Wildman–Crippen MR) is 501 cm³/mol. The molecule has 0 aromatic heterocycles. The number of nitrogens with zero attached hydrogens (tertiary/aromatic N) is 2. The van der Waals surface area contributed by atoms with Crippen LogP contribution in [0.5, 0.6) is 51.7 Å². The van der Waals surface area contributed by atoms with Crippen LogP contribution in [0.2, 0.25) is 0 Å². The van der Waals surface area contributed by atoms with Gasteiger partial charge in [0.25, 0.3) is 23.6 Å². The van der Waals surface area contributed by atoms with Crippen LogP contribution in [-0.4, -0.2) is 183 Å². The highest BCUT2D eigenvalue weighted by Gasteiger charge is 2.58. The number of aldehydes is 1. The summed E-state index contributed by atoms with van der Waals surface area (Å²) >= 11 is 17.5. The van der Waals surface area contributed by atoms with E-state index < -0.39 is 25.7 Å². The lowest BCUT2D eigenvalue weighted by Crippen LogP contribution is -2.38. The maximum absolute atomic E-state index is 13.4. The lowest BCUT2D eigenvalue weighted by molar-refractivity contribution is -0.156. The predicted octanol–water partition coefficient (Wildman–Crippen LogP) is 14.6. The summed E-state index contributed by atoms with van der Waals surface area (Å²) in [6, 6.07) is 49.1. The van der Waals surface area contributed by atoms with Crippen LogP contribution >= 0.6 is 116 Å². The molecule has 0 atom stereocenters. The smallest absolute Gasteiger partial charge is 0.446 e. The first-order valence-corrected chi connectivity index (χ1v) is 45.2. The monoisotopic (exact) mass is 2180 g/mol. The van der Waals surface area contributed by atoms with Gasteiger partial charge in [-0.15, -0.1) is 0 Å². The molecule has 0 fully saturated rings. The van der Waals surface area contributed by atoms with E-state index in [-0.39, 0.29) is 36.8 Å². The molecule has 650 valence electrons. The van der Waals surface area contributed by atoms with Gasteiger partial charge in [-0.1, -0.05) is 87.4 Å². The number of carboxylic acid groups (broad SMARTS) is 1. The Labute approximate surface area is 771 Å². The third-order valence-electron chi connectivity index (χ3n) is 15.9. The standard InChI is InChI=1S/C40H43N2O10P.C13H11BrN2O.C13H14BrNO2.C10H11BrINO.C7H5IO2.C3H8BrN.C2HF3O/c1-44-28-20-31(47-4)37(32(21-28)48-5)53(38-33(49-6)22-29(45-2)23-34(38)50-7,39-35(51-8)24-30(46-3)25-36(39)52-9)19-11-18-42-40(43)27-15-13-26(14-16-27)12-10-17-41;14-8-2-10-16-13(17)12-6-4-11(5-7-12)3-1-9-15;14-8-2-9-15-13(17)12-6-4-11(5-7-12)3-1-10-16;11-6-1-7-13-10(14)8-2-4-9(12)5-3-8;8-6-3-1-5(2-4-6)7(9)10;4-2-1-3-5;3-2(4,5)1-6/h13-16,20-25H,11,18-19H2,1-9H3;4-7H,2,8,10H2,(H,16,17);4-7,16H,2,8-10H2,(H,15,17);2-5H,1,6-7H2,(H,13,14);1-4H,(H,9,10);1-3,5H2;1H/p+1. The van der Waals surface area contributed by atoms with Crippen LogP contribution in [0.1, 0.15) is 101 Å². The molecule has 122 heavy (non-hydrogen) atoms. The number of carboxylic acids is 1. The fourth-order valence-corrected chi connectivity index (χ4v) is 17.3. The first-order valence-electron chi connectivity index (χ1n) is 36.5. The number of carbonyl (C=O) groups excluding carboxylic acids is 5. The second-order valence-electron chi connectivity index (χ2n) is 23.9. The average Bonchev–Trinajstić information content (AvgIpc) is 0.707. The van der Waals surface area contributed by atoms with Crippen LogP contribution in [0.3, 0.4) is 0 Å². The minimum atomic E-state index is -4.64. The van der Waals surface area contributed by atoms with Crippen molar-refractivity contribution >= 4 is 168 Å². The molecule has 34 heteroatoms. The Bertz CT molecular complexity index is 4650. The molecule has 8 N–H and O–H groups in total. The minimum Gasteiger partial charge on any atom is -0.496 e. The lowest BCUT2D eigenvalue weighted by Gasteiger charge is -2.33. The van der Waals surface area contributed by atoms with Crippen LogP contribution in [0.4, 0.5) is 13.2 Å². The molecule has 0 saturated carbocycles. The third kappa shape index (κ3) is 38.7. The topological polar surface area (TPSA) is 348 Å². The summed E-state index contributed by atoms with van der Waals surface area (Å²) in [6.07, 6.45) is -1.01. The molecular formula is C88H94Br4F3I2N7O17P+. The number of methoxy groups -OCH3 is 9. The van der Waals surface area contributed by atoms with E-state index in [2.05, 4.69) is 166 Å². The molecule has 0 aliphatic carbocycles. The molecule has 8 rings (SSSR count). The summed E-state index contributed by atoms with van der Waals surface area (Å²) in [7, 11) is 10.9. The van der Waals surface area contributed by atoms with Gasteiger partial charge in [0.05, 0.1) is 75.7 Å². The summed E-state index contributed by atoms with van der Waals surface area (Å²) in [5.74, 6) is 18.4. The first kappa shape index (κ1) is 108. The molecule has 4 amide bonds. The van der Waals surface area contributed by atoms with Crippen molar-refractivity contribution in [3.63, 3.8) is 0 Å². The minimum absolute atomic E-state index is 0.00218. The number of aliphatic hydroxyl groups excluding tert-OH is 1. The number of halogens is 9. The van der Waals surface area contributed by atoms with Gasteiger partial charge in [-0.05, 0) is 205 Å². The Morgan fingerprint density at radius 2 is 0.689 bits per heavy atom. The van der Waals surface area contributed by atoms with Gasteiger partial charge in [0, 0.05) is 142 Å². The number of benzene rings is 8. The van der Waals surface area contributed by atoms with Crippen LogP contribution in [0, 0.1) is 65.3 Å².